The van der Waals surface area contributed by atoms with E-state index in [0.29, 0.717) is 6.07 Å². The van der Waals surface area contributed by atoms with Gasteiger partial charge in [-0.05, 0) is 23.8 Å². The number of hydrogen-bond acceptors (Lipinski definition) is 1. The molecule has 0 bridgehead atoms. The molecule has 2 rings (SSSR count). The molecule has 5 heteroatoms. The van der Waals surface area contributed by atoms with E-state index in [1.165, 1.54) is 12.1 Å². The number of phenols is 1. The molecule has 0 radical (unpaired) electrons. The highest BCUT2D eigenvalue weighted by atomic mass is 19.2. The van der Waals surface area contributed by atoms with E-state index in [4.69, 9.17) is 5.11 Å². The molecular weight excluding hydrogens is 236 g/mol. The summed E-state index contributed by atoms with van der Waals surface area (Å²) < 4.78 is 52.1. The molecule has 2 aromatic rings. The summed E-state index contributed by atoms with van der Waals surface area (Å²) in [5.41, 5.74) is -0.391. The van der Waals surface area contributed by atoms with Gasteiger partial charge in [-0.15, -0.1) is 0 Å². The van der Waals surface area contributed by atoms with Crippen LogP contribution in [0.4, 0.5) is 17.6 Å². The zero-order chi connectivity index (χ0) is 12.6. The van der Waals surface area contributed by atoms with Crippen LogP contribution in [0.2, 0.25) is 0 Å². The SMILES string of the molecule is Oc1cc(-c2cccc(F)c2F)cc(F)c1F. The smallest absolute Gasteiger partial charge is 0.200 e. The predicted octanol–water partition coefficient (Wildman–Crippen LogP) is 3.62. The van der Waals surface area contributed by atoms with Gasteiger partial charge in [0.25, 0.3) is 0 Å². The first-order valence-electron chi connectivity index (χ1n) is 4.63. The Bertz CT molecular complexity index is 558. The van der Waals surface area contributed by atoms with Gasteiger partial charge in [0, 0.05) is 5.56 Å². The van der Waals surface area contributed by atoms with Crippen molar-refractivity contribution in [1.82, 2.24) is 0 Å². The Hall–Kier alpha value is -2.04. The number of hydrogen-bond donors (Lipinski definition) is 1. The van der Waals surface area contributed by atoms with Crippen LogP contribution in [0.3, 0.4) is 0 Å². The molecule has 88 valence electrons. The quantitative estimate of drug-likeness (QED) is 0.757. The Kier molecular flexibility index (Phi) is 2.75. The molecule has 0 saturated heterocycles. The van der Waals surface area contributed by atoms with Gasteiger partial charge in [0.1, 0.15) is 0 Å². The second-order valence-corrected chi connectivity index (χ2v) is 3.39. The largest absolute Gasteiger partial charge is 0.505 e. The molecule has 0 heterocycles. The lowest BCUT2D eigenvalue weighted by Gasteiger charge is -2.06. The number of aromatic hydroxyl groups is 1. The number of rotatable bonds is 1. The minimum Gasteiger partial charge on any atom is -0.505 e. The third kappa shape index (κ3) is 1.95. The van der Waals surface area contributed by atoms with Crippen molar-refractivity contribution in [3.8, 4) is 16.9 Å². The van der Waals surface area contributed by atoms with E-state index in [2.05, 4.69) is 0 Å². The van der Waals surface area contributed by atoms with Gasteiger partial charge >= 0.3 is 0 Å². The van der Waals surface area contributed by atoms with E-state index in [9.17, 15) is 17.6 Å². The molecule has 1 N–H and O–H groups in total. The molecule has 0 aromatic heterocycles. The molecule has 0 atom stereocenters. The summed E-state index contributed by atoms with van der Waals surface area (Å²) in [5, 5.41) is 9.07. The Morgan fingerprint density at radius 3 is 2.18 bits per heavy atom. The highest BCUT2D eigenvalue weighted by molar-refractivity contribution is 5.66. The first-order chi connectivity index (χ1) is 8.00. The molecule has 0 unspecified atom stereocenters. The van der Waals surface area contributed by atoms with Crippen LogP contribution < -0.4 is 0 Å². The number of benzene rings is 2. The Balaban J connectivity index is 2.65. The van der Waals surface area contributed by atoms with Crippen LogP contribution in [0, 0.1) is 23.3 Å². The zero-order valence-electron chi connectivity index (χ0n) is 8.35. The van der Waals surface area contributed by atoms with Crippen molar-refractivity contribution in [2.24, 2.45) is 0 Å². The molecule has 0 aliphatic rings. The van der Waals surface area contributed by atoms with E-state index in [1.54, 1.807) is 0 Å². The maximum Gasteiger partial charge on any atom is 0.200 e. The van der Waals surface area contributed by atoms with Crippen molar-refractivity contribution in [2.45, 2.75) is 0 Å². The first kappa shape index (κ1) is 11.4. The molecule has 17 heavy (non-hydrogen) atoms. The molecule has 0 amide bonds. The minimum atomic E-state index is -1.43. The summed E-state index contributed by atoms with van der Waals surface area (Å²) in [4.78, 5) is 0. The molecule has 0 spiro atoms. The normalized spacial score (nSPS) is 10.6. The standard InChI is InChI=1S/C12H6F4O/c13-8-3-1-2-7(11(8)15)6-4-9(14)12(16)10(17)5-6/h1-5,17H. The van der Waals surface area contributed by atoms with E-state index in [0.717, 1.165) is 12.1 Å². The third-order valence-corrected chi connectivity index (χ3v) is 2.27. The summed E-state index contributed by atoms with van der Waals surface area (Å²) in [7, 11) is 0. The molecule has 0 aliphatic heterocycles. The average Bonchev–Trinajstić information content (AvgIpc) is 2.29. The molecule has 0 fully saturated rings. The fraction of sp³-hybridized carbons (Fsp3) is 0. The zero-order valence-corrected chi connectivity index (χ0v) is 8.35. The molecular formula is C12H6F4O. The van der Waals surface area contributed by atoms with Crippen molar-refractivity contribution < 1.29 is 22.7 Å². The maximum absolute atomic E-state index is 13.4. The van der Waals surface area contributed by atoms with Gasteiger partial charge in [-0.25, -0.2) is 13.2 Å². The van der Waals surface area contributed by atoms with E-state index in [-0.39, 0.29) is 11.1 Å². The molecule has 1 nitrogen and oxygen atoms in total. The summed E-state index contributed by atoms with van der Waals surface area (Å²) >= 11 is 0. The van der Waals surface area contributed by atoms with Crippen molar-refractivity contribution in [2.75, 3.05) is 0 Å². The second kappa shape index (κ2) is 4.08. The monoisotopic (exact) mass is 242 g/mol. The van der Waals surface area contributed by atoms with Gasteiger partial charge in [0.2, 0.25) is 0 Å². The Morgan fingerprint density at radius 1 is 0.824 bits per heavy atom. The molecule has 0 aliphatic carbocycles. The van der Waals surface area contributed by atoms with E-state index >= 15 is 0 Å². The Labute approximate surface area is 93.9 Å². The second-order valence-electron chi connectivity index (χ2n) is 3.39. The first-order valence-corrected chi connectivity index (χ1v) is 4.63. The van der Waals surface area contributed by atoms with E-state index < -0.39 is 29.0 Å². The van der Waals surface area contributed by atoms with Gasteiger partial charge in [-0.1, -0.05) is 12.1 Å². The fourth-order valence-electron chi connectivity index (χ4n) is 1.46. The van der Waals surface area contributed by atoms with Crippen LogP contribution in [0.1, 0.15) is 0 Å². The summed E-state index contributed by atoms with van der Waals surface area (Å²) in [5.74, 6) is -6.00. The Morgan fingerprint density at radius 2 is 1.53 bits per heavy atom. The lowest BCUT2D eigenvalue weighted by atomic mass is 10.0. The fourth-order valence-corrected chi connectivity index (χ4v) is 1.46. The summed E-state index contributed by atoms with van der Waals surface area (Å²) in [6, 6.07) is 4.85. The van der Waals surface area contributed by atoms with Crippen molar-refractivity contribution in [1.29, 1.82) is 0 Å². The summed E-state index contributed by atoms with van der Waals surface area (Å²) in [6.45, 7) is 0. The van der Waals surface area contributed by atoms with Crippen LogP contribution in [-0.2, 0) is 0 Å². The van der Waals surface area contributed by atoms with Gasteiger partial charge < -0.3 is 5.11 Å². The molecule has 0 saturated carbocycles. The minimum absolute atomic E-state index is 0.140. The topological polar surface area (TPSA) is 20.2 Å². The van der Waals surface area contributed by atoms with Gasteiger partial charge in [-0.2, -0.15) is 4.39 Å². The summed E-state index contributed by atoms with van der Waals surface area (Å²) in [6.07, 6.45) is 0. The number of halogens is 4. The van der Waals surface area contributed by atoms with Crippen LogP contribution >= 0.6 is 0 Å². The number of phenolic OH excluding ortho intramolecular Hbond substituents is 1. The highest BCUT2D eigenvalue weighted by Crippen LogP contribution is 2.30. The third-order valence-electron chi connectivity index (χ3n) is 2.27. The van der Waals surface area contributed by atoms with Gasteiger partial charge in [0.15, 0.2) is 29.0 Å². The van der Waals surface area contributed by atoms with Crippen molar-refractivity contribution in [3.05, 3.63) is 53.6 Å². The lowest BCUT2D eigenvalue weighted by Crippen LogP contribution is -1.92. The van der Waals surface area contributed by atoms with Crippen LogP contribution in [0.5, 0.6) is 5.75 Å². The average molecular weight is 242 g/mol. The van der Waals surface area contributed by atoms with Gasteiger partial charge in [-0.3, -0.25) is 0 Å². The van der Waals surface area contributed by atoms with Crippen LogP contribution in [-0.4, -0.2) is 5.11 Å². The van der Waals surface area contributed by atoms with Crippen molar-refractivity contribution in [3.63, 3.8) is 0 Å². The van der Waals surface area contributed by atoms with Crippen LogP contribution in [0.15, 0.2) is 30.3 Å². The van der Waals surface area contributed by atoms with Gasteiger partial charge in [0.05, 0.1) is 0 Å². The van der Waals surface area contributed by atoms with Crippen molar-refractivity contribution >= 4 is 0 Å². The van der Waals surface area contributed by atoms with E-state index in [1.807, 2.05) is 0 Å². The lowest BCUT2D eigenvalue weighted by molar-refractivity contribution is 0.407. The predicted molar refractivity (Wildman–Crippen MR) is 53.4 cm³/mol. The highest BCUT2D eigenvalue weighted by Gasteiger charge is 2.15. The maximum atomic E-state index is 13.4. The van der Waals surface area contributed by atoms with Crippen LogP contribution in [0.25, 0.3) is 11.1 Å². The molecule has 2 aromatic carbocycles.